The van der Waals surface area contributed by atoms with E-state index in [9.17, 15) is 9.59 Å². The second kappa shape index (κ2) is 8.34. The molecular formula is C17H22N4O5. The molecule has 0 unspecified atom stereocenters. The number of aliphatic carboxylic acids is 2. The molecule has 0 aliphatic carbocycles. The van der Waals surface area contributed by atoms with E-state index in [4.69, 9.17) is 20.7 Å². The summed E-state index contributed by atoms with van der Waals surface area (Å²) in [4.78, 5) is 21.3. The quantitative estimate of drug-likeness (QED) is 0.685. The van der Waals surface area contributed by atoms with Crippen molar-refractivity contribution in [1.29, 1.82) is 0 Å². The molecule has 2 aromatic rings. The normalized spacial score (nSPS) is 14.3. The minimum Gasteiger partial charge on any atom is -0.489 e. The molecule has 0 amide bonds. The lowest BCUT2D eigenvalue weighted by atomic mass is 10.1. The molecule has 0 saturated heterocycles. The number of anilines is 1. The number of likely N-dealkylation sites (N-methyl/N-ethyl adjacent to an activating group) is 1. The summed E-state index contributed by atoms with van der Waals surface area (Å²) in [5.41, 5.74) is 8.12. The minimum atomic E-state index is -1.26. The van der Waals surface area contributed by atoms with E-state index in [-0.39, 0.29) is 6.04 Å². The predicted octanol–water partition coefficient (Wildman–Crippen LogP) is 0.924. The second-order valence-electron chi connectivity index (χ2n) is 5.93. The maximum Gasteiger partial charge on any atom is 0.328 e. The molecule has 1 aromatic carbocycles. The fraction of sp³-hybridized carbons (Fsp3) is 0.353. The van der Waals surface area contributed by atoms with E-state index in [1.54, 1.807) is 0 Å². The number of nitrogens with zero attached hydrogens (tertiary/aromatic N) is 3. The van der Waals surface area contributed by atoms with Gasteiger partial charge in [0.2, 0.25) is 0 Å². The van der Waals surface area contributed by atoms with Crippen molar-refractivity contribution in [2.24, 2.45) is 5.73 Å². The molecule has 1 aromatic heterocycles. The highest BCUT2D eigenvalue weighted by atomic mass is 16.5. The maximum atomic E-state index is 9.55. The van der Waals surface area contributed by atoms with Gasteiger partial charge >= 0.3 is 11.9 Å². The van der Waals surface area contributed by atoms with Crippen LogP contribution in [0.5, 0.6) is 5.75 Å². The largest absolute Gasteiger partial charge is 0.489 e. The molecule has 9 heteroatoms. The summed E-state index contributed by atoms with van der Waals surface area (Å²) in [5, 5.41) is 21.2. The Bertz CT molecular complexity index is 812. The molecule has 4 N–H and O–H groups in total. The first-order valence-corrected chi connectivity index (χ1v) is 8.01. The number of rotatable bonds is 4. The Morgan fingerprint density at radius 1 is 1.35 bits per heavy atom. The molecule has 9 nitrogen and oxygen atoms in total. The van der Waals surface area contributed by atoms with Crippen molar-refractivity contribution in [1.82, 2.24) is 9.78 Å². The van der Waals surface area contributed by atoms with E-state index in [0.717, 1.165) is 35.5 Å². The molecule has 0 bridgehead atoms. The van der Waals surface area contributed by atoms with Crippen LogP contribution in [0.3, 0.4) is 0 Å². The first-order valence-electron chi connectivity index (χ1n) is 8.01. The Morgan fingerprint density at radius 2 is 2.00 bits per heavy atom. The van der Waals surface area contributed by atoms with Crippen LogP contribution in [0.25, 0.3) is 10.9 Å². The second-order valence-corrected chi connectivity index (χ2v) is 5.93. The van der Waals surface area contributed by atoms with Gasteiger partial charge in [0.1, 0.15) is 18.0 Å². The summed E-state index contributed by atoms with van der Waals surface area (Å²) in [6.07, 6.45) is 3.01. The van der Waals surface area contributed by atoms with Crippen molar-refractivity contribution in [2.75, 3.05) is 25.1 Å². The van der Waals surface area contributed by atoms with Crippen molar-refractivity contribution in [3.05, 3.63) is 30.5 Å². The average Bonchev–Trinajstić information content (AvgIpc) is 2.96. The van der Waals surface area contributed by atoms with Crippen molar-refractivity contribution < 1.29 is 24.5 Å². The van der Waals surface area contributed by atoms with Gasteiger partial charge in [-0.05, 0) is 19.1 Å². The van der Waals surface area contributed by atoms with Crippen LogP contribution in [0.1, 0.15) is 6.92 Å². The molecule has 140 valence electrons. The van der Waals surface area contributed by atoms with Crippen LogP contribution in [0, 0.1) is 0 Å². The minimum absolute atomic E-state index is 0.0822. The van der Waals surface area contributed by atoms with Crippen LogP contribution < -0.4 is 15.4 Å². The van der Waals surface area contributed by atoms with E-state index >= 15 is 0 Å². The Morgan fingerprint density at radius 3 is 2.58 bits per heavy atom. The van der Waals surface area contributed by atoms with Gasteiger partial charge in [-0.2, -0.15) is 5.10 Å². The van der Waals surface area contributed by atoms with Gasteiger partial charge in [0.25, 0.3) is 0 Å². The average molecular weight is 362 g/mol. The van der Waals surface area contributed by atoms with Crippen molar-refractivity contribution in [3.63, 3.8) is 0 Å². The Labute approximate surface area is 150 Å². The molecule has 0 fully saturated rings. The Kier molecular flexibility index (Phi) is 6.18. The lowest BCUT2D eigenvalue weighted by molar-refractivity contribution is -0.134. The zero-order valence-corrected chi connectivity index (χ0v) is 14.6. The molecule has 0 spiro atoms. The summed E-state index contributed by atoms with van der Waals surface area (Å²) in [7, 11) is 2.09. The van der Waals surface area contributed by atoms with Gasteiger partial charge in [-0.3, -0.25) is 4.68 Å². The summed E-state index contributed by atoms with van der Waals surface area (Å²) in [6.45, 7) is 4.34. The highest BCUT2D eigenvalue weighted by Crippen LogP contribution is 2.37. The standard InChI is InChI=1S/C13H18N4O.C4H4O4/c1-9(14)8-17-12-10(7-15-17)3-4-11-13(12)16(2)5-6-18-11;5-3(6)1-2-4(7)8/h3-4,7,9H,5-6,8,14H2,1-2H3;1-2H,(H,5,6)(H,7,8)/b;2-1+/t9-;/m0./s1. The van der Waals surface area contributed by atoms with Crippen molar-refractivity contribution >= 4 is 28.5 Å². The molecule has 2 heterocycles. The topological polar surface area (TPSA) is 131 Å². The number of benzene rings is 1. The number of carbonyl (C=O) groups is 2. The number of hydrogen-bond donors (Lipinski definition) is 3. The van der Waals surface area contributed by atoms with E-state index < -0.39 is 11.9 Å². The fourth-order valence-corrected chi connectivity index (χ4v) is 2.59. The van der Waals surface area contributed by atoms with Gasteiger partial charge in [0, 0.05) is 30.6 Å². The van der Waals surface area contributed by atoms with Crippen molar-refractivity contribution in [2.45, 2.75) is 19.5 Å². The number of fused-ring (bicyclic) bond motifs is 3. The first-order chi connectivity index (χ1) is 12.3. The number of carboxylic acids is 2. The van der Waals surface area contributed by atoms with E-state index in [1.165, 1.54) is 0 Å². The smallest absolute Gasteiger partial charge is 0.328 e. The molecule has 0 saturated carbocycles. The molecule has 3 rings (SSSR count). The zero-order valence-electron chi connectivity index (χ0n) is 14.6. The third kappa shape index (κ3) is 4.73. The van der Waals surface area contributed by atoms with Crippen LogP contribution in [0.4, 0.5) is 5.69 Å². The van der Waals surface area contributed by atoms with Gasteiger partial charge in [-0.15, -0.1) is 0 Å². The molecular weight excluding hydrogens is 340 g/mol. The lowest BCUT2D eigenvalue weighted by Gasteiger charge is -2.28. The van der Waals surface area contributed by atoms with Gasteiger partial charge in [0.15, 0.2) is 0 Å². The summed E-state index contributed by atoms with van der Waals surface area (Å²) < 4.78 is 7.69. The highest BCUT2D eigenvalue weighted by molar-refractivity contribution is 5.95. The zero-order chi connectivity index (χ0) is 19.3. The summed E-state index contributed by atoms with van der Waals surface area (Å²) >= 11 is 0. The van der Waals surface area contributed by atoms with Gasteiger partial charge in [-0.25, -0.2) is 9.59 Å². The number of carboxylic acid groups (broad SMARTS) is 2. The highest BCUT2D eigenvalue weighted by Gasteiger charge is 2.21. The molecule has 1 atom stereocenters. The van der Waals surface area contributed by atoms with E-state index in [2.05, 4.69) is 23.1 Å². The summed E-state index contributed by atoms with van der Waals surface area (Å²) in [5.74, 6) is -1.58. The van der Waals surface area contributed by atoms with E-state index in [1.807, 2.05) is 23.9 Å². The Balaban J connectivity index is 0.000000260. The van der Waals surface area contributed by atoms with Gasteiger partial charge < -0.3 is 25.6 Å². The number of nitrogens with two attached hydrogens (primary N) is 1. The third-order valence-corrected chi connectivity index (χ3v) is 3.64. The monoisotopic (exact) mass is 362 g/mol. The van der Waals surface area contributed by atoms with Gasteiger partial charge in [0.05, 0.1) is 24.8 Å². The van der Waals surface area contributed by atoms with Crippen LogP contribution >= 0.6 is 0 Å². The maximum absolute atomic E-state index is 9.55. The van der Waals surface area contributed by atoms with Gasteiger partial charge in [-0.1, -0.05) is 0 Å². The number of ether oxygens (including phenoxy) is 1. The molecule has 0 radical (unpaired) electrons. The number of hydrogen-bond acceptors (Lipinski definition) is 6. The van der Waals surface area contributed by atoms with Crippen LogP contribution in [0.15, 0.2) is 30.5 Å². The number of aromatic nitrogens is 2. The van der Waals surface area contributed by atoms with Crippen LogP contribution in [0.2, 0.25) is 0 Å². The molecule has 1 aliphatic rings. The van der Waals surface area contributed by atoms with Crippen molar-refractivity contribution in [3.8, 4) is 5.75 Å². The molecule has 26 heavy (non-hydrogen) atoms. The van der Waals surface area contributed by atoms with Crippen LogP contribution in [-0.2, 0) is 16.1 Å². The van der Waals surface area contributed by atoms with E-state index in [0.29, 0.717) is 18.7 Å². The van der Waals surface area contributed by atoms with Crippen LogP contribution in [-0.4, -0.2) is 58.2 Å². The molecule has 1 aliphatic heterocycles. The summed E-state index contributed by atoms with van der Waals surface area (Å²) in [6, 6.07) is 4.15. The fourth-order valence-electron chi connectivity index (χ4n) is 2.59. The SMILES string of the molecule is C[C@H](N)Cn1ncc2ccc3c(c21)N(C)CCO3.O=C(O)/C=C/C(=O)O. The lowest BCUT2D eigenvalue weighted by Crippen LogP contribution is -2.30. The Hall–Kier alpha value is -3.07. The first kappa shape index (κ1) is 19.3. The third-order valence-electron chi connectivity index (χ3n) is 3.64. The predicted molar refractivity (Wildman–Crippen MR) is 96.6 cm³/mol.